The van der Waals surface area contributed by atoms with Crippen molar-refractivity contribution in [3.8, 4) is 10.4 Å². The number of nitrogens with one attached hydrogen (secondary N) is 1. The highest BCUT2D eigenvalue weighted by molar-refractivity contribution is 7.22. The van der Waals surface area contributed by atoms with Crippen molar-refractivity contribution in [1.29, 1.82) is 0 Å². The van der Waals surface area contributed by atoms with E-state index in [1.54, 1.807) is 0 Å². The number of aromatic nitrogens is 2. The molecule has 2 heterocycles. The number of H-pyrrole nitrogens is 1. The Morgan fingerprint density at radius 2 is 2.00 bits per heavy atom. The minimum Gasteiger partial charge on any atom is -0.312 e. The number of fused-ring (bicyclic) bond motifs is 1. The van der Waals surface area contributed by atoms with Gasteiger partial charge in [-0.2, -0.15) is 0 Å². The van der Waals surface area contributed by atoms with Gasteiger partial charge in [0.1, 0.15) is 4.70 Å². The summed E-state index contributed by atoms with van der Waals surface area (Å²) >= 11 is 1.48. The third-order valence-corrected chi connectivity index (χ3v) is 3.83. The first-order valence-electron chi connectivity index (χ1n) is 5.28. The van der Waals surface area contributed by atoms with Crippen LogP contribution < -0.4 is 5.56 Å². The Balaban J connectivity index is 2.21. The van der Waals surface area contributed by atoms with Gasteiger partial charge in [0, 0.05) is 4.88 Å². The van der Waals surface area contributed by atoms with Gasteiger partial charge in [-0.1, -0.05) is 29.8 Å². The zero-order valence-corrected chi connectivity index (χ0v) is 10.0. The van der Waals surface area contributed by atoms with Crippen molar-refractivity contribution in [2.45, 2.75) is 6.92 Å². The lowest BCUT2D eigenvalue weighted by atomic mass is 10.1. The first-order valence-corrected chi connectivity index (χ1v) is 6.10. The molecule has 3 nitrogen and oxygen atoms in total. The van der Waals surface area contributed by atoms with Crippen LogP contribution in [0, 0.1) is 6.92 Å². The van der Waals surface area contributed by atoms with Crippen LogP contribution >= 0.6 is 11.3 Å². The number of thiophene rings is 1. The summed E-state index contributed by atoms with van der Waals surface area (Å²) in [7, 11) is 0. The van der Waals surface area contributed by atoms with E-state index in [1.807, 2.05) is 6.07 Å². The van der Waals surface area contributed by atoms with E-state index in [4.69, 9.17) is 0 Å². The first-order chi connectivity index (χ1) is 8.24. The molecule has 0 saturated heterocycles. The Morgan fingerprint density at radius 1 is 1.24 bits per heavy atom. The summed E-state index contributed by atoms with van der Waals surface area (Å²) in [6.07, 6.45) is 1.44. The van der Waals surface area contributed by atoms with Crippen LogP contribution in [0.2, 0.25) is 0 Å². The molecule has 0 bridgehead atoms. The second-order valence-electron chi connectivity index (χ2n) is 3.92. The van der Waals surface area contributed by atoms with E-state index < -0.39 is 0 Å². The molecular weight excluding hydrogens is 232 g/mol. The van der Waals surface area contributed by atoms with Crippen LogP contribution in [-0.2, 0) is 0 Å². The normalized spacial score (nSPS) is 10.9. The van der Waals surface area contributed by atoms with E-state index >= 15 is 0 Å². The van der Waals surface area contributed by atoms with Gasteiger partial charge in [-0.25, -0.2) is 4.98 Å². The van der Waals surface area contributed by atoms with E-state index in [1.165, 1.54) is 23.2 Å². The predicted molar refractivity (Wildman–Crippen MR) is 70.4 cm³/mol. The second-order valence-corrected chi connectivity index (χ2v) is 4.97. The Labute approximate surface area is 102 Å². The number of nitrogens with zero attached hydrogens (tertiary/aromatic N) is 1. The number of rotatable bonds is 1. The molecule has 0 radical (unpaired) electrons. The Kier molecular flexibility index (Phi) is 2.30. The molecule has 2 aromatic heterocycles. The van der Waals surface area contributed by atoms with Crippen molar-refractivity contribution in [1.82, 2.24) is 9.97 Å². The Hall–Kier alpha value is -1.94. The minimum atomic E-state index is -0.0710. The molecule has 3 rings (SSSR count). The van der Waals surface area contributed by atoms with Gasteiger partial charge in [-0.3, -0.25) is 4.79 Å². The van der Waals surface area contributed by atoms with Crippen molar-refractivity contribution in [3.05, 3.63) is 52.6 Å². The lowest BCUT2D eigenvalue weighted by Crippen LogP contribution is -2.02. The van der Waals surface area contributed by atoms with Crippen molar-refractivity contribution in [2.75, 3.05) is 0 Å². The van der Waals surface area contributed by atoms with Crippen molar-refractivity contribution in [3.63, 3.8) is 0 Å². The maximum Gasteiger partial charge on any atom is 0.268 e. The highest BCUT2D eigenvalue weighted by Gasteiger charge is 2.07. The molecule has 0 unspecified atom stereocenters. The molecular formula is C13H10N2OS. The zero-order valence-electron chi connectivity index (χ0n) is 9.23. The third-order valence-electron chi connectivity index (χ3n) is 2.65. The topological polar surface area (TPSA) is 45.8 Å². The Bertz CT molecular complexity index is 725. The number of aryl methyl sites for hydroxylation is 1. The van der Waals surface area contributed by atoms with Gasteiger partial charge >= 0.3 is 0 Å². The second kappa shape index (κ2) is 3.82. The van der Waals surface area contributed by atoms with Crippen LogP contribution in [-0.4, -0.2) is 9.97 Å². The van der Waals surface area contributed by atoms with Crippen LogP contribution in [0.3, 0.4) is 0 Å². The quantitative estimate of drug-likeness (QED) is 0.713. The van der Waals surface area contributed by atoms with E-state index in [2.05, 4.69) is 41.2 Å². The van der Waals surface area contributed by atoms with Gasteiger partial charge in [0.05, 0.1) is 11.8 Å². The van der Waals surface area contributed by atoms with Crippen molar-refractivity contribution < 1.29 is 0 Å². The van der Waals surface area contributed by atoms with Crippen LogP contribution in [0.4, 0.5) is 0 Å². The van der Waals surface area contributed by atoms with Crippen molar-refractivity contribution in [2.24, 2.45) is 0 Å². The molecule has 17 heavy (non-hydrogen) atoms. The molecule has 0 aliphatic rings. The predicted octanol–water partition coefficient (Wildman–Crippen LogP) is 2.96. The summed E-state index contributed by atoms with van der Waals surface area (Å²) in [5.41, 5.74) is 3.04. The zero-order chi connectivity index (χ0) is 11.8. The summed E-state index contributed by atoms with van der Waals surface area (Å²) in [6, 6.07) is 10.2. The van der Waals surface area contributed by atoms with Gasteiger partial charge in [0.25, 0.3) is 5.56 Å². The van der Waals surface area contributed by atoms with Gasteiger partial charge in [-0.05, 0) is 18.6 Å². The fourth-order valence-corrected chi connectivity index (χ4v) is 2.74. The maximum atomic E-state index is 11.6. The molecule has 0 atom stereocenters. The van der Waals surface area contributed by atoms with E-state index in [0.29, 0.717) is 4.70 Å². The lowest BCUT2D eigenvalue weighted by Gasteiger charge is -1.96. The molecule has 0 amide bonds. The number of aromatic amines is 1. The molecule has 84 valence electrons. The van der Waals surface area contributed by atoms with Crippen LogP contribution in [0.15, 0.2) is 41.5 Å². The maximum absolute atomic E-state index is 11.6. The van der Waals surface area contributed by atoms with E-state index in [-0.39, 0.29) is 5.56 Å². The molecule has 4 heteroatoms. The highest BCUT2D eigenvalue weighted by atomic mass is 32.1. The first kappa shape index (κ1) is 10.2. The molecule has 0 aliphatic heterocycles. The van der Waals surface area contributed by atoms with Gasteiger partial charge in [0.15, 0.2) is 0 Å². The summed E-state index contributed by atoms with van der Waals surface area (Å²) in [5.74, 6) is 0. The Morgan fingerprint density at radius 3 is 2.71 bits per heavy atom. The fourth-order valence-electron chi connectivity index (χ4n) is 1.73. The highest BCUT2D eigenvalue weighted by Crippen LogP contribution is 2.30. The molecule has 0 saturated carbocycles. The smallest absolute Gasteiger partial charge is 0.268 e. The standard InChI is InChI=1S/C13H10N2OS/c1-8-2-4-9(5-3-8)11-6-10-12(17-11)13(16)15-7-14-10/h2-7H,1H3,(H,14,15,16). The van der Waals surface area contributed by atoms with Gasteiger partial charge in [-0.15, -0.1) is 11.3 Å². The fraction of sp³-hybridized carbons (Fsp3) is 0.0769. The average molecular weight is 242 g/mol. The average Bonchev–Trinajstić information content (AvgIpc) is 2.75. The van der Waals surface area contributed by atoms with E-state index in [9.17, 15) is 4.79 Å². The summed E-state index contributed by atoms with van der Waals surface area (Å²) < 4.78 is 0.683. The molecule has 0 spiro atoms. The van der Waals surface area contributed by atoms with Crippen LogP contribution in [0.5, 0.6) is 0 Å². The molecule has 1 aromatic carbocycles. The third kappa shape index (κ3) is 1.76. The minimum absolute atomic E-state index is 0.0710. The van der Waals surface area contributed by atoms with Crippen LogP contribution in [0.1, 0.15) is 5.56 Å². The number of benzene rings is 1. The van der Waals surface area contributed by atoms with Gasteiger partial charge in [0.2, 0.25) is 0 Å². The van der Waals surface area contributed by atoms with Crippen molar-refractivity contribution >= 4 is 21.6 Å². The summed E-state index contributed by atoms with van der Waals surface area (Å²) in [6.45, 7) is 2.06. The number of hydrogen-bond acceptors (Lipinski definition) is 3. The summed E-state index contributed by atoms with van der Waals surface area (Å²) in [4.78, 5) is 19.4. The monoisotopic (exact) mass is 242 g/mol. The molecule has 0 fully saturated rings. The van der Waals surface area contributed by atoms with Gasteiger partial charge < -0.3 is 4.98 Å². The lowest BCUT2D eigenvalue weighted by molar-refractivity contribution is 1.18. The molecule has 1 N–H and O–H groups in total. The van der Waals surface area contributed by atoms with E-state index in [0.717, 1.165) is 16.0 Å². The molecule has 0 aliphatic carbocycles. The van der Waals surface area contributed by atoms with Crippen LogP contribution in [0.25, 0.3) is 20.7 Å². The molecule has 3 aromatic rings. The largest absolute Gasteiger partial charge is 0.312 e. The summed E-state index contributed by atoms with van der Waals surface area (Å²) in [5, 5.41) is 0. The SMILES string of the molecule is Cc1ccc(-c2cc3nc[nH]c(=O)c3s2)cc1. The number of hydrogen-bond donors (Lipinski definition) is 1.